The number of nitrogens with zero attached hydrogens (tertiary/aromatic N) is 1. The highest BCUT2D eigenvalue weighted by Crippen LogP contribution is 2.23. The lowest BCUT2D eigenvalue weighted by atomic mass is 10.1. The summed E-state index contributed by atoms with van der Waals surface area (Å²) in [5.74, 6) is 0.897. The molecule has 1 aromatic carbocycles. The Balaban J connectivity index is 2.20. The van der Waals surface area contributed by atoms with Crippen LogP contribution < -0.4 is 4.74 Å². The molecular formula is C14H14BrNO. The van der Waals surface area contributed by atoms with E-state index in [1.54, 1.807) is 0 Å². The fourth-order valence-corrected chi connectivity index (χ4v) is 1.78. The first-order valence-electron chi connectivity index (χ1n) is 5.54. The predicted octanol–water partition coefficient (Wildman–Crippen LogP) is 4.30. The molecule has 0 radical (unpaired) electrons. The molecule has 0 fully saturated rings. The molecule has 0 unspecified atom stereocenters. The fourth-order valence-electron chi connectivity index (χ4n) is 1.54. The molecule has 0 saturated carbocycles. The Morgan fingerprint density at radius 1 is 1.00 bits per heavy atom. The van der Waals surface area contributed by atoms with Gasteiger partial charge in [0.15, 0.2) is 0 Å². The number of pyridine rings is 1. The van der Waals surface area contributed by atoms with Crippen LogP contribution in [-0.2, 0) is 0 Å². The largest absolute Gasteiger partial charge is 0.491 e. The third-order valence-electron chi connectivity index (χ3n) is 2.29. The Kier molecular flexibility index (Phi) is 3.79. The van der Waals surface area contributed by atoms with Gasteiger partial charge in [-0.1, -0.05) is 18.2 Å². The van der Waals surface area contributed by atoms with Gasteiger partial charge in [-0.25, -0.2) is 4.98 Å². The summed E-state index contributed by atoms with van der Waals surface area (Å²) in [4.78, 5) is 4.21. The van der Waals surface area contributed by atoms with Crippen molar-refractivity contribution in [1.29, 1.82) is 0 Å². The Morgan fingerprint density at radius 2 is 1.65 bits per heavy atom. The molecule has 0 aliphatic carbocycles. The van der Waals surface area contributed by atoms with Crippen molar-refractivity contribution in [3.63, 3.8) is 0 Å². The van der Waals surface area contributed by atoms with Crippen molar-refractivity contribution in [2.45, 2.75) is 20.0 Å². The minimum absolute atomic E-state index is 0.204. The summed E-state index contributed by atoms with van der Waals surface area (Å²) in [6.45, 7) is 4.04. The second-order valence-electron chi connectivity index (χ2n) is 4.06. The average Bonchev–Trinajstić information content (AvgIpc) is 2.30. The summed E-state index contributed by atoms with van der Waals surface area (Å²) in [6.07, 6.45) is 2.05. The van der Waals surface area contributed by atoms with Crippen molar-refractivity contribution < 1.29 is 4.74 Å². The van der Waals surface area contributed by atoms with Gasteiger partial charge in [0.25, 0.3) is 0 Å². The number of ether oxygens (including phenoxy) is 1. The predicted molar refractivity (Wildman–Crippen MR) is 73.1 cm³/mol. The zero-order chi connectivity index (χ0) is 12.3. The summed E-state index contributed by atoms with van der Waals surface area (Å²) in [6, 6.07) is 12.0. The van der Waals surface area contributed by atoms with Crippen molar-refractivity contribution in [2.75, 3.05) is 0 Å². The van der Waals surface area contributed by atoms with Gasteiger partial charge < -0.3 is 4.74 Å². The zero-order valence-corrected chi connectivity index (χ0v) is 11.4. The number of benzene rings is 1. The van der Waals surface area contributed by atoms with Gasteiger partial charge in [-0.2, -0.15) is 0 Å². The maximum absolute atomic E-state index is 5.60. The van der Waals surface area contributed by atoms with Gasteiger partial charge in [0.2, 0.25) is 0 Å². The van der Waals surface area contributed by atoms with Gasteiger partial charge in [0, 0.05) is 11.8 Å². The molecule has 0 N–H and O–H groups in total. The van der Waals surface area contributed by atoms with E-state index in [1.165, 1.54) is 0 Å². The number of hydrogen-bond donors (Lipinski definition) is 0. The van der Waals surface area contributed by atoms with E-state index in [1.807, 2.05) is 56.4 Å². The lowest BCUT2D eigenvalue weighted by molar-refractivity contribution is 0.242. The van der Waals surface area contributed by atoms with Crippen LogP contribution in [0.2, 0.25) is 0 Å². The summed E-state index contributed by atoms with van der Waals surface area (Å²) in [7, 11) is 0. The molecule has 1 heterocycles. The lowest BCUT2D eigenvalue weighted by Crippen LogP contribution is -2.05. The standard InChI is InChI=1S/C14H14BrNO/c1-10(2)17-13-6-3-11(4-7-13)12-5-8-14(15)16-9-12/h3-10H,1-2H3. The van der Waals surface area contributed by atoms with E-state index in [0.29, 0.717) is 0 Å². The van der Waals surface area contributed by atoms with E-state index in [-0.39, 0.29) is 6.10 Å². The minimum atomic E-state index is 0.204. The molecule has 2 aromatic rings. The Bertz CT molecular complexity index is 477. The summed E-state index contributed by atoms with van der Waals surface area (Å²) in [5.41, 5.74) is 2.24. The highest BCUT2D eigenvalue weighted by Gasteiger charge is 2.00. The van der Waals surface area contributed by atoms with Crippen molar-refractivity contribution in [3.05, 3.63) is 47.2 Å². The second kappa shape index (κ2) is 5.32. The Labute approximate surface area is 110 Å². The van der Waals surface area contributed by atoms with Crippen molar-refractivity contribution >= 4 is 15.9 Å². The molecule has 0 saturated heterocycles. The molecular weight excluding hydrogens is 278 g/mol. The van der Waals surface area contributed by atoms with Gasteiger partial charge >= 0.3 is 0 Å². The topological polar surface area (TPSA) is 22.1 Å². The quantitative estimate of drug-likeness (QED) is 0.787. The molecule has 0 bridgehead atoms. The maximum atomic E-state index is 5.60. The second-order valence-corrected chi connectivity index (χ2v) is 4.87. The summed E-state index contributed by atoms with van der Waals surface area (Å²) in [5, 5.41) is 0. The third-order valence-corrected chi connectivity index (χ3v) is 2.76. The first kappa shape index (κ1) is 12.1. The van der Waals surface area contributed by atoms with Gasteiger partial charge in [-0.05, 0) is 53.5 Å². The minimum Gasteiger partial charge on any atom is -0.491 e. The van der Waals surface area contributed by atoms with E-state index in [2.05, 4.69) is 20.9 Å². The molecule has 3 heteroatoms. The van der Waals surface area contributed by atoms with Crippen LogP contribution in [0.25, 0.3) is 11.1 Å². The summed E-state index contributed by atoms with van der Waals surface area (Å²) < 4.78 is 6.45. The molecule has 17 heavy (non-hydrogen) atoms. The van der Waals surface area contributed by atoms with E-state index in [4.69, 9.17) is 4.74 Å². The number of rotatable bonds is 3. The molecule has 0 amide bonds. The van der Waals surface area contributed by atoms with Gasteiger partial charge in [0.05, 0.1) is 6.10 Å². The van der Waals surface area contributed by atoms with Crippen LogP contribution in [-0.4, -0.2) is 11.1 Å². The van der Waals surface area contributed by atoms with Crippen molar-refractivity contribution in [2.24, 2.45) is 0 Å². The highest BCUT2D eigenvalue weighted by atomic mass is 79.9. The maximum Gasteiger partial charge on any atom is 0.119 e. The number of hydrogen-bond acceptors (Lipinski definition) is 2. The molecule has 88 valence electrons. The van der Waals surface area contributed by atoms with Gasteiger partial charge in [0.1, 0.15) is 10.4 Å². The van der Waals surface area contributed by atoms with Crippen LogP contribution in [0, 0.1) is 0 Å². The molecule has 1 aromatic heterocycles. The average molecular weight is 292 g/mol. The first-order valence-corrected chi connectivity index (χ1v) is 6.33. The lowest BCUT2D eigenvalue weighted by Gasteiger charge is -2.10. The van der Waals surface area contributed by atoms with Crippen LogP contribution in [0.5, 0.6) is 5.75 Å². The fraction of sp³-hybridized carbons (Fsp3) is 0.214. The molecule has 0 aliphatic heterocycles. The van der Waals surface area contributed by atoms with E-state index in [9.17, 15) is 0 Å². The molecule has 0 spiro atoms. The Morgan fingerprint density at radius 3 is 2.18 bits per heavy atom. The Hall–Kier alpha value is -1.35. The third kappa shape index (κ3) is 3.30. The summed E-state index contributed by atoms with van der Waals surface area (Å²) >= 11 is 3.33. The van der Waals surface area contributed by atoms with E-state index >= 15 is 0 Å². The van der Waals surface area contributed by atoms with Crippen LogP contribution in [0.3, 0.4) is 0 Å². The smallest absolute Gasteiger partial charge is 0.119 e. The molecule has 0 aliphatic rings. The molecule has 2 nitrogen and oxygen atoms in total. The van der Waals surface area contributed by atoms with Crippen LogP contribution in [0.4, 0.5) is 0 Å². The van der Waals surface area contributed by atoms with Crippen LogP contribution >= 0.6 is 15.9 Å². The monoisotopic (exact) mass is 291 g/mol. The molecule has 0 atom stereocenters. The van der Waals surface area contributed by atoms with Crippen LogP contribution in [0.15, 0.2) is 47.2 Å². The first-order chi connectivity index (χ1) is 8.15. The van der Waals surface area contributed by atoms with Gasteiger partial charge in [-0.3, -0.25) is 0 Å². The number of halogens is 1. The van der Waals surface area contributed by atoms with E-state index < -0.39 is 0 Å². The van der Waals surface area contributed by atoms with Crippen LogP contribution in [0.1, 0.15) is 13.8 Å². The zero-order valence-electron chi connectivity index (χ0n) is 9.85. The highest BCUT2D eigenvalue weighted by molar-refractivity contribution is 9.10. The SMILES string of the molecule is CC(C)Oc1ccc(-c2ccc(Br)nc2)cc1. The van der Waals surface area contributed by atoms with E-state index in [0.717, 1.165) is 21.5 Å². The number of aromatic nitrogens is 1. The normalized spacial score (nSPS) is 10.6. The van der Waals surface area contributed by atoms with Crippen molar-refractivity contribution in [1.82, 2.24) is 4.98 Å². The molecule has 2 rings (SSSR count). The van der Waals surface area contributed by atoms with Gasteiger partial charge in [-0.15, -0.1) is 0 Å². The van der Waals surface area contributed by atoms with Crippen molar-refractivity contribution in [3.8, 4) is 16.9 Å².